The van der Waals surface area contributed by atoms with Crippen LogP contribution in [-0.4, -0.2) is 12.6 Å². The quantitative estimate of drug-likeness (QED) is 0.731. The zero-order valence-electron chi connectivity index (χ0n) is 9.96. The molecule has 2 N–H and O–H groups in total. The summed E-state index contributed by atoms with van der Waals surface area (Å²) < 4.78 is 5.01. The van der Waals surface area contributed by atoms with Crippen molar-refractivity contribution < 1.29 is 9.53 Å². The van der Waals surface area contributed by atoms with Crippen molar-refractivity contribution in [1.82, 2.24) is 0 Å². The Hall–Kier alpha value is -1.35. The van der Waals surface area contributed by atoms with Crippen LogP contribution in [0.25, 0.3) is 0 Å². The number of rotatable bonds is 1. The van der Waals surface area contributed by atoms with E-state index in [4.69, 9.17) is 10.5 Å². The lowest BCUT2D eigenvalue weighted by atomic mass is 9.82. The second-order valence-corrected chi connectivity index (χ2v) is 4.56. The molecule has 1 fully saturated rings. The highest BCUT2D eigenvalue weighted by Crippen LogP contribution is 2.34. The van der Waals surface area contributed by atoms with Crippen LogP contribution in [-0.2, 0) is 15.1 Å². The molecule has 0 spiro atoms. The highest BCUT2D eigenvalue weighted by Gasteiger charge is 2.44. The van der Waals surface area contributed by atoms with Crippen LogP contribution >= 0.6 is 0 Å². The van der Waals surface area contributed by atoms with Gasteiger partial charge >= 0.3 is 5.97 Å². The fraction of sp³-hybridized carbons (Fsp3) is 0.462. The summed E-state index contributed by atoms with van der Waals surface area (Å²) in [5.41, 5.74) is 9.53. The fourth-order valence-corrected chi connectivity index (χ4v) is 2.40. The van der Waals surface area contributed by atoms with Gasteiger partial charge < -0.3 is 10.5 Å². The molecule has 3 nitrogen and oxygen atoms in total. The van der Waals surface area contributed by atoms with Crippen LogP contribution in [0.4, 0.5) is 0 Å². The SMILES string of the molecule is Cc1ccc(C)c(C2(N)CCOC2=O)c1C. The zero-order chi connectivity index (χ0) is 11.9. The van der Waals surface area contributed by atoms with Gasteiger partial charge in [-0.3, -0.25) is 0 Å². The van der Waals surface area contributed by atoms with Crippen molar-refractivity contribution >= 4 is 5.97 Å². The Labute approximate surface area is 95.6 Å². The maximum Gasteiger partial charge on any atom is 0.330 e. The van der Waals surface area contributed by atoms with E-state index < -0.39 is 5.54 Å². The topological polar surface area (TPSA) is 52.3 Å². The molecule has 1 heterocycles. The molecule has 0 bridgehead atoms. The first-order chi connectivity index (χ1) is 7.47. The summed E-state index contributed by atoms with van der Waals surface area (Å²) in [4.78, 5) is 11.8. The Morgan fingerprint density at radius 1 is 1.25 bits per heavy atom. The van der Waals surface area contributed by atoms with Gasteiger partial charge in [-0.1, -0.05) is 12.1 Å². The molecular formula is C13H17NO2. The van der Waals surface area contributed by atoms with E-state index in [1.54, 1.807) is 0 Å². The van der Waals surface area contributed by atoms with E-state index in [0.29, 0.717) is 13.0 Å². The van der Waals surface area contributed by atoms with E-state index in [-0.39, 0.29) is 5.97 Å². The highest BCUT2D eigenvalue weighted by atomic mass is 16.5. The molecule has 1 aromatic carbocycles. The van der Waals surface area contributed by atoms with E-state index >= 15 is 0 Å². The number of cyclic esters (lactones) is 1. The minimum atomic E-state index is -0.944. The van der Waals surface area contributed by atoms with Gasteiger partial charge in [-0.2, -0.15) is 0 Å². The van der Waals surface area contributed by atoms with Crippen LogP contribution < -0.4 is 5.73 Å². The van der Waals surface area contributed by atoms with Gasteiger partial charge in [-0.15, -0.1) is 0 Å². The predicted octanol–water partition coefficient (Wildman–Crippen LogP) is 1.71. The number of hydrogen-bond acceptors (Lipinski definition) is 3. The van der Waals surface area contributed by atoms with Crippen LogP contribution in [0.1, 0.15) is 28.7 Å². The van der Waals surface area contributed by atoms with Crippen molar-refractivity contribution in [3.05, 3.63) is 34.4 Å². The molecule has 1 saturated heterocycles. The van der Waals surface area contributed by atoms with Gasteiger partial charge in [0.05, 0.1) is 6.61 Å². The molecule has 3 heteroatoms. The average Bonchev–Trinajstić information content (AvgIpc) is 2.55. The van der Waals surface area contributed by atoms with Crippen LogP contribution in [0, 0.1) is 20.8 Å². The minimum Gasteiger partial charge on any atom is -0.464 e. The monoisotopic (exact) mass is 219 g/mol. The zero-order valence-corrected chi connectivity index (χ0v) is 9.96. The number of carbonyl (C=O) groups is 1. The molecule has 0 aromatic heterocycles. The number of hydrogen-bond donors (Lipinski definition) is 1. The molecule has 1 unspecified atom stereocenters. The second kappa shape index (κ2) is 3.59. The number of nitrogens with two attached hydrogens (primary N) is 1. The van der Waals surface area contributed by atoms with E-state index in [0.717, 1.165) is 22.3 Å². The van der Waals surface area contributed by atoms with Gasteiger partial charge in [0.15, 0.2) is 0 Å². The summed E-state index contributed by atoms with van der Waals surface area (Å²) in [6.45, 7) is 6.45. The van der Waals surface area contributed by atoms with E-state index in [1.807, 2.05) is 26.8 Å². The summed E-state index contributed by atoms with van der Waals surface area (Å²) in [6, 6.07) is 4.07. The van der Waals surface area contributed by atoms with Gasteiger partial charge in [0, 0.05) is 6.42 Å². The van der Waals surface area contributed by atoms with Gasteiger partial charge in [-0.25, -0.2) is 4.79 Å². The van der Waals surface area contributed by atoms with Crippen LogP contribution in [0.2, 0.25) is 0 Å². The Bertz CT molecular complexity index is 453. The van der Waals surface area contributed by atoms with Crippen molar-refractivity contribution in [2.45, 2.75) is 32.7 Å². The number of aryl methyl sites for hydroxylation is 2. The largest absolute Gasteiger partial charge is 0.464 e. The first-order valence-electron chi connectivity index (χ1n) is 5.50. The summed E-state index contributed by atoms with van der Waals surface area (Å²) in [6.07, 6.45) is 0.566. The summed E-state index contributed by atoms with van der Waals surface area (Å²) in [5, 5.41) is 0. The van der Waals surface area contributed by atoms with E-state index in [9.17, 15) is 4.79 Å². The number of benzene rings is 1. The molecule has 86 valence electrons. The first kappa shape index (κ1) is 11.1. The van der Waals surface area contributed by atoms with Crippen molar-refractivity contribution in [3.63, 3.8) is 0 Å². The van der Waals surface area contributed by atoms with Crippen molar-refractivity contribution in [2.24, 2.45) is 5.73 Å². The van der Waals surface area contributed by atoms with E-state index in [2.05, 4.69) is 6.07 Å². The van der Waals surface area contributed by atoms with Crippen molar-refractivity contribution in [3.8, 4) is 0 Å². The standard InChI is InChI=1S/C13H17NO2/c1-8-4-5-9(2)11(10(8)3)13(14)6-7-16-12(13)15/h4-5H,6-7,14H2,1-3H3. The maximum atomic E-state index is 11.8. The fourth-order valence-electron chi connectivity index (χ4n) is 2.40. The molecule has 0 amide bonds. The highest BCUT2D eigenvalue weighted by molar-refractivity contribution is 5.85. The van der Waals surface area contributed by atoms with Crippen LogP contribution in [0.3, 0.4) is 0 Å². The lowest BCUT2D eigenvalue weighted by Gasteiger charge is -2.25. The summed E-state index contributed by atoms with van der Waals surface area (Å²) in [7, 11) is 0. The first-order valence-corrected chi connectivity index (χ1v) is 5.50. The lowest BCUT2D eigenvalue weighted by molar-refractivity contribution is -0.142. The molecule has 0 radical (unpaired) electrons. The number of esters is 1. The molecule has 1 atom stereocenters. The Morgan fingerprint density at radius 2 is 1.88 bits per heavy atom. The Kier molecular flexibility index (Phi) is 2.50. The Balaban J connectivity index is 2.64. The number of carbonyl (C=O) groups excluding carboxylic acids is 1. The Morgan fingerprint density at radius 3 is 2.44 bits per heavy atom. The third kappa shape index (κ3) is 1.43. The number of ether oxygens (including phenoxy) is 1. The van der Waals surface area contributed by atoms with Crippen LogP contribution in [0.15, 0.2) is 12.1 Å². The van der Waals surface area contributed by atoms with Crippen LogP contribution in [0.5, 0.6) is 0 Å². The second-order valence-electron chi connectivity index (χ2n) is 4.56. The average molecular weight is 219 g/mol. The minimum absolute atomic E-state index is 0.302. The van der Waals surface area contributed by atoms with Gasteiger partial charge in [0.25, 0.3) is 0 Å². The van der Waals surface area contributed by atoms with Gasteiger partial charge in [-0.05, 0) is 43.0 Å². The molecule has 16 heavy (non-hydrogen) atoms. The van der Waals surface area contributed by atoms with E-state index in [1.165, 1.54) is 0 Å². The predicted molar refractivity (Wildman–Crippen MR) is 62.1 cm³/mol. The molecular weight excluding hydrogens is 202 g/mol. The maximum absolute atomic E-state index is 11.8. The lowest BCUT2D eigenvalue weighted by Crippen LogP contribution is -2.42. The van der Waals surface area contributed by atoms with Crippen molar-refractivity contribution in [1.29, 1.82) is 0 Å². The molecule has 2 rings (SSSR count). The molecule has 1 aromatic rings. The van der Waals surface area contributed by atoms with Gasteiger partial charge in [0.2, 0.25) is 0 Å². The van der Waals surface area contributed by atoms with Gasteiger partial charge in [0.1, 0.15) is 5.54 Å². The third-order valence-electron chi connectivity index (χ3n) is 3.48. The molecule has 1 aliphatic rings. The van der Waals surface area contributed by atoms with Crippen molar-refractivity contribution in [2.75, 3.05) is 6.61 Å². The molecule has 0 aliphatic carbocycles. The molecule has 1 aliphatic heterocycles. The third-order valence-corrected chi connectivity index (χ3v) is 3.48. The normalized spacial score (nSPS) is 24.6. The molecule has 0 saturated carbocycles. The summed E-state index contributed by atoms with van der Waals surface area (Å²) in [5.74, 6) is -0.302. The smallest absolute Gasteiger partial charge is 0.330 e. The summed E-state index contributed by atoms with van der Waals surface area (Å²) >= 11 is 0.